The van der Waals surface area contributed by atoms with E-state index < -0.39 is 6.04 Å². The molecule has 3 aromatic carbocycles. The number of rotatable bonds is 4. The summed E-state index contributed by atoms with van der Waals surface area (Å²) in [5.74, 6) is 0.874. The standard InChI is InChI=1S/C30H30N2O3/c1-4-28(34)32-26-8-6-5-7-24(26)31-25-17-22(20-11-9-19(2)10-12-20)18-27(33)29(25)30(32)21-13-15-23(35-3)16-14-21/h5-16,22,30-31H,4,17-18H2,1-3H3/t22-,30+/m1/s1. The van der Waals surface area contributed by atoms with Gasteiger partial charge in [-0.3, -0.25) is 14.5 Å². The molecule has 0 radical (unpaired) electrons. The van der Waals surface area contributed by atoms with Crippen LogP contribution in [0.4, 0.5) is 11.4 Å². The van der Waals surface area contributed by atoms with Crippen LogP contribution in [0.5, 0.6) is 5.75 Å². The number of ketones is 1. The topological polar surface area (TPSA) is 58.6 Å². The molecule has 0 fully saturated rings. The van der Waals surface area contributed by atoms with Gasteiger partial charge in [0.2, 0.25) is 5.91 Å². The van der Waals surface area contributed by atoms with Gasteiger partial charge in [-0.2, -0.15) is 0 Å². The fraction of sp³-hybridized carbons (Fsp3) is 0.267. The summed E-state index contributed by atoms with van der Waals surface area (Å²) >= 11 is 0. The zero-order valence-corrected chi connectivity index (χ0v) is 20.4. The van der Waals surface area contributed by atoms with Crippen molar-refractivity contribution >= 4 is 23.1 Å². The predicted octanol–water partition coefficient (Wildman–Crippen LogP) is 6.31. The number of aryl methyl sites for hydroxylation is 1. The Balaban J connectivity index is 1.69. The molecule has 0 spiro atoms. The Kier molecular flexibility index (Phi) is 6.16. The molecule has 2 atom stereocenters. The van der Waals surface area contributed by atoms with E-state index in [0.717, 1.165) is 33.9 Å². The van der Waals surface area contributed by atoms with E-state index in [0.29, 0.717) is 24.8 Å². The Morgan fingerprint density at radius 3 is 2.34 bits per heavy atom. The number of carbonyl (C=O) groups excluding carboxylic acids is 2. The van der Waals surface area contributed by atoms with Crippen LogP contribution in [-0.2, 0) is 9.59 Å². The highest BCUT2D eigenvalue weighted by Gasteiger charge is 2.41. The van der Waals surface area contributed by atoms with Gasteiger partial charge in [0.05, 0.1) is 24.5 Å². The lowest BCUT2D eigenvalue weighted by molar-refractivity contribution is -0.119. The van der Waals surface area contributed by atoms with Crippen LogP contribution in [-0.4, -0.2) is 18.8 Å². The van der Waals surface area contributed by atoms with Gasteiger partial charge in [-0.1, -0.05) is 61.0 Å². The predicted molar refractivity (Wildman–Crippen MR) is 139 cm³/mol. The molecule has 1 aliphatic carbocycles. The fourth-order valence-corrected chi connectivity index (χ4v) is 5.21. The molecule has 1 amide bonds. The Hall–Kier alpha value is -3.86. The molecule has 0 saturated carbocycles. The van der Waals surface area contributed by atoms with Crippen LogP contribution in [0, 0.1) is 6.92 Å². The van der Waals surface area contributed by atoms with Gasteiger partial charge in [0, 0.05) is 24.1 Å². The summed E-state index contributed by atoms with van der Waals surface area (Å²) in [5.41, 5.74) is 6.45. The molecule has 0 saturated heterocycles. The number of hydrogen-bond donors (Lipinski definition) is 1. The summed E-state index contributed by atoms with van der Waals surface area (Å²) in [4.78, 5) is 29.1. The van der Waals surface area contributed by atoms with Crippen molar-refractivity contribution in [2.45, 2.75) is 45.1 Å². The fourth-order valence-electron chi connectivity index (χ4n) is 5.21. The van der Waals surface area contributed by atoms with Crippen LogP contribution in [0.25, 0.3) is 0 Å². The molecule has 0 bridgehead atoms. The highest BCUT2D eigenvalue weighted by molar-refractivity contribution is 6.06. The molecule has 0 aromatic heterocycles. The Morgan fingerprint density at radius 2 is 1.66 bits per heavy atom. The number of benzene rings is 3. The molecular formula is C30H30N2O3. The van der Waals surface area contributed by atoms with Crippen molar-refractivity contribution in [2.75, 3.05) is 17.3 Å². The largest absolute Gasteiger partial charge is 0.497 e. The van der Waals surface area contributed by atoms with Crippen molar-refractivity contribution in [3.05, 3.63) is 101 Å². The van der Waals surface area contributed by atoms with Gasteiger partial charge in [0.15, 0.2) is 5.78 Å². The first-order valence-corrected chi connectivity index (χ1v) is 12.1. The minimum absolute atomic E-state index is 0.0257. The molecule has 0 unspecified atom stereocenters. The number of hydrogen-bond acceptors (Lipinski definition) is 4. The molecule has 3 aromatic rings. The van der Waals surface area contributed by atoms with E-state index in [1.54, 1.807) is 12.0 Å². The summed E-state index contributed by atoms with van der Waals surface area (Å²) in [6, 6.07) is 23.4. The normalized spacial score (nSPS) is 19.4. The van der Waals surface area contributed by atoms with E-state index in [1.165, 1.54) is 5.56 Å². The Bertz CT molecular complexity index is 1290. The number of fused-ring (bicyclic) bond motifs is 1. The lowest BCUT2D eigenvalue weighted by Crippen LogP contribution is -2.38. The molecule has 5 heteroatoms. The first-order chi connectivity index (χ1) is 17.0. The maximum atomic E-state index is 13.9. The Labute approximate surface area is 206 Å². The van der Waals surface area contributed by atoms with E-state index >= 15 is 0 Å². The number of methoxy groups -OCH3 is 1. The number of carbonyl (C=O) groups is 2. The number of nitrogens with zero attached hydrogens (tertiary/aromatic N) is 1. The maximum absolute atomic E-state index is 13.9. The van der Waals surface area contributed by atoms with Gasteiger partial charge in [0.25, 0.3) is 0 Å². The van der Waals surface area contributed by atoms with Crippen molar-refractivity contribution in [3.63, 3.8) is 0 Å². The summed E-state index contributed by atoms with van der Waals surface area (Å²) < 4.78 is 5.36. The van der Waals surface area contributed by atoms with Gasteiger partial charge in [-0.25, -0.2) is 0 Å². The minimum atomic E-state index is -0.508. The second kappa shape index (κ2) is 9.41. The maximum Gasteiger partial charge on any atom is 0.227 e. The second-order valence-electron chi connectivity index (χ2n) is 9.27. The third-order valence-electron chi connectivity index (χ3n) is 7.04. The lowest BCUT2D eigenvalue weighted by Gasteiger charge is -2.35. The SMILES string of the molecule is CCC(=O)N1c2ccccc2NC2=C(C(=O)C[C@H](c3ccc(C)cc3)C2)[C@@H]1c1ccc(OC)cc1. The highest BCUT2D eigenvalue weighted by Crippen LogP contribution is 2.47. The average Bonchev–Trinajstić information content (AvgIpc) is 3.03. The van der Waals surface area contributed by atoms with Gasteiger partial charge < -0.3 is 10.1 Å². The quantitative estimate of drug-likeness (QED) is 0.489. The van der Waals surface area contributed by atoms with Crippen LogP contribution in [0.15, 0.2) is 84.1 Å². The van der Waals surface area contributed by atoms with E-state index in [-0.39, 0.29) is 17.6 Å². The molecule has 2 aliphatic rings. The molecule has 35 heavy (non-hydrogen) atoms. The summed E-state index contributed by atoms with van der Waals surface area (Å²) in [6.45, 7) is 3.93. The Morgan fingerprint density at radius 1 is 0.971 bits per heavy atom. The van der Waals surface area contributed by atoms with E-state index in [1.807, 2.05) is 55.5 Å². The molecule has 1 N–H and O–H groups in total. The zero-order valence-electron chi connectivity index (χ0n) is 20.4. The molecule has 5 rings (SSSR count). The van der Waals surface area contributed by atoms with Crippen LogP contribution >= 0.6 is 0 Å². The summed E-state index contributed by atoms with van der Waals surface area (Å²) in [5, 5.41) is 3.57. The van der Waals surface area contributed by atoms with E-state index in [4.69, 9.17) is 4.74 Å². The monoisotopic (exact) mass is 466 g/mol. The van der Waals surface area contributed by atoms with Crippen LogP contribution in [0.2, 0.25) is 0 Å². The third-order valence-corrected chi connectivity index (χ3v) is 7.04. The number of ether oxygens (including phenoxy) is 1. The lowest BCUT2D eigenvalue weighted by atomic mass is 9.78. The second-order valence-corrected chi connectivity index (χ2v) is 9.27. The van der Waals surface area contributed by atoms with Crippen molar-refractivity contribution < 1.29 is 14.3 Å². The van der Waals surface area contributed by atoms with E-state index in [2.05, 4.69) is 36.5 Å². The first-order valence-electron chi connectivity index (χ1n) is 12.1. The number of nitrogens with one attached hydrogen (secondary N) is 1. The minimum Gasteiger partial charge on any atom is -0.497 e. The zero-order chi connectivity index (χ0) is 24.5. The van der Waals surface area contributed by atoms with Crippen LogP contribution in [0.1, 0.15) is 54.8 Å². The number of amides is 1. The van der Waals surface area contributed by atoms with Gasteiger partial charge in [-0.15, -0.1) is 0 Å². The summed E-state index contributed by atoms with van der Waals surface area (Å²) in [6.07, 6.45) is 1.46. The molecule has 1 heterocycles. The average molecular weight is 467 g/mol. The van der Waals surface area contributed by atoms with Crippen LogP contribution < -0.4 is 15.0 Å². The number of allylic oxidation sites excluding steroid dienone is 1. The molecule has 5 nitrogen and oxygen atoms in total. The third kappa shape index (κ3) is 4.23. The highest BCUT2D eigenvalue weighted by atomic mass is 16.5. The van der Waals surface area contributed by atoms with Gasteiger partial charge in [-0.05, 0) is 54.7 Å². The molecule has 178 valence electrons. The summed E-state index contributed by atoms with van der Waals surface area (Å²) in [7, 11) is 1.63. The molecular weight excluding hydrogens is 436 g/mol. The smallest absolute Gasteiger partial charge is 0.227 e. The number of Topliss-reactive ketones (excluding diaryl/α,β-unsaturated/α-hetero) is 1. The first kappa shape index (κ1) is 22.9. The number of anilines is 2. The van der Waals surface area contributed by atoms with Crippen LogP contribution in [0.3, 0.4) is 0 Å². The number of para-hydroxylation sites is 2. The van der Waals surface area contributed by atoms with Gasteiger partial charge >= 0.3 is 0 Å². The van der Waals surface area contributed by atoms with Crippen molar-refractivity contribution in [1.29, 1.82) is 0 Å². The molecule has 1 aliphatic heterocycles. The van der Waals surface area contributed by atoms with Gasteiger partial charge in [0.1, 0.15) is 5.75 Å². The van der Waals surface area contributed by atoms with E-state index in [9.17, 15) is 9.59 Å². The van der Waals surface area contributed by atoms with Crippen molar-refractivity contribution in [3.8, 4) is 5.75 Å². The van der Waals surface area contributed by atoms with Crippen molar-refractivity contribution in [2.24, 2.45) is 0 Å². The van der Waals surface area contributed by atoms with Crippen molar-refractivity contribution in [1.82, 2.24) is 0 Å².